The summed E-state index contributed by atoms with van der Waals surface area (Å²) in [5.74, 6) is 2.68. The average Bonchev–Trinajstić information content (AvgIpc) is 3.31. The molecule has 0 unspecified atom stereocenters. The first-order valence-electron chi connectivity index (χ1n) is 11.8. The third-order valence-corrected chi connectivity index (χ3v) is 7.87. The standard InChI is InChI=1S/C28H23N5O5S/c1-4-17-32(18-19-9-5-8-12-24(19)38-3)28(34)26-29-27-25(30-31-26)22-10-6-7-11-23(22)33(27)39(35,36)21-15-13-20(37-2)14-16-21/h1,5-16H,17-18H2,2-3H3. The number of carbonyl (C=O) groups excluding carboxylic acids is 1. The van der Waals surface area contributed by atoms with Crippen LogP contribution in [0.4, 0.5) is 0 Å². The predicted octanol–water partition coefficient (Wildman–Crippen LogP) is 3.51. The Kier molecular flexibility index (Phi) is 6.87. The Bertz CT molecular complexity index is 1840. The Hall–Kier alpha value is -4.95. The molecule has 10 nitrogen and oxygen atoms in total. The topological polar surface area (TPSA) is 117 Å². The molecule has 0 saturated carbocycles. The highest BCUT2D eigenvalue weighted by Gasteiger charge is 2.28. The number of hydrogen-bond donors (Lipinski definition) is 0. The van der Waals surface area contributed by atoms with Gasteiger partial charge in [0.25, 0.3) is 15.9 Å². The minimum Gasteiger partial charge on any atom is -0.497 e. The van der Waals surface area contributed by atoms with E-state index in [2.05, 4.69) is 21.1 Å². The normalized spacial score (nSPS) is 11.3. The van der Waals surface area contributed by atoms with Gasteiger partial charge in [0, 0.05) is 10.9 Å². The molecule has 0 aliphatic carbocycles. The first-order valence-corrected chi connectivity index (χ1v) is 13.2. The molecule has 1 amide bonds. The molecule has 0 spiro atoms. The number of carbonyl (C=O) groups is 1. The molecule has 0 radical (unpaired) electrons. The van der Waals surface area contributed by atoms with Crippen LogP contribution in [0.25, 0.3) is 22.1 Å². The van der Waals surface area contributed by atoms with Gasteiger partial charge in [-0.3, -0.25) is 4.79 Å². The van der Waals surface area contributed by atoms with E-state index < -0.39 is 15.9 Å². The molecule has 0 fully saturated rings. The van der Waals surface area contributed by atoms with Crippen molar-refractivity contribution < 1.29 is 22.7 Å². The lowest BCUT2D eigenvalue weighted by Crippen LogP contribution is -2.32. The maximum Gasteiger partial charge on any atom is 0.294 e. The first kappa shape index (κ1) is 25.7. The summed E-state index contributed by atoms with van der Waals surface area (Å²) in [5.41, 5.74) is 1.30. The second-order valence-corrected chi connectivity index (χ2v) is 10.2. The summed E-state index contributed by atoms with van der Waals surface area (Å²) in [7, 11) is -1.12. The number of rotatable bonds is 8. The van der Waals surface area contributed by atoms with Crippen molar-refractivity contribution in [3.05, 3.63) is 84.2 Å². The Morgan fingerprint density at radius 1 is 0.974 bits per heavy atom. The number of ether oxygens (including phenoxy) is 2. The van der Waals surface area contributed by atoms with Gasteiger partial charge in [0.15, 0.2) is 5.65 Å². The highest BCUT2D eigenvalue weighted by molar-refractivity contribution is 7.90. The fourth-order valence-corrected chi connectivity index (χ4v) is 5.74. The molecule has 5 rings (SSSR count). The number of benzene rings is 3. The van der Waals surface area contributed by atoms with Crippen LogP contribution in [-0.4, -0.2) is 59.1 Å². The van der Waals surface area contributed by atoms with Crippen molar-refractivity contribution in [1.29, 1.82) is 0 Å². The summed E-state index contributed by atoms with van der Waals surface area (Å²) in [5, 5.41) is 8.81. The van der Waals surface area contributed by atoms with Crippen LogP contribution in [0.3, 0.4) is 0 Å². The first-order chi connectivity index (χ1) is 18.9. The van der Waals surface area contributed by atoms with Gasteiger partial charge < -0.3 is 14.4 Å². The summed E-state index contributed by atoms with van der Waals surface area (Å²) < 4.78 is 39.3. The number of methoxy groups -OCH3 is 2. The molecule has 0 saturated heterocycles. The number of hydrogen-bond acceptors (Lipinski definition) is 8. The molecule has 196 valence electrons. The van der Waals surface area contributed by atoms with Crippen molar-refractivity contribution in [2.24, 2.45) is 0 Å². The van der Waals surface area contributed by atoms with Crippen LogP contribution in [-0.2, 0) is 16.6 Å². The molecule has 3 aromatic carbocycles. The van der Waals surface area contributed by atoms with E-state index in [0.29, 0.717) is 22.4 Å². The molecule has 0 aliphatic rings. The molecule has 5 aromatic rings. The molecule has 0 bridgehead atoms. The van der Waals surface area contributed by atoms with Gasteiger partial charge in [-0.25, -0.2) is 17.4 Å². The van der Waals surface area contributed by atoms with Crippen LogP contribution < -0.4 is 9.47 Å². The summed E-state index contributed by atoms with van der Waals surface area (Å²) in [6.45, 7) is 0.0903. The molecular weight excluding hydrogens is 518 g/mol. The highest BCUT2D eigenvalue weighted by atomic mass is 32.2. The molecule has 11 heteroatoms. The fraction of sp³-hybridized carbons (Fsp3) is 0.143. The Morgan fingerprint density at radius 3 is 2.41 bits per heavy atom. The molecule has 2 heterocycles. The number of aromatic nitrogens is 4. The number of amides is 1. The molecule has 0 aliphatic heterocycles. The van der Waals surface area contributed by atoms with Gasteiger partial charge in [-0.2, -0.15) is 0 Å². The van der Waals surface area contributed by atoms with E-state index in [-0.39, 0.29) is 35.0 Å². The van der Waals surface area contributed by atoms with Crippen molar-refractivity contribution in [1.82, 2.24) is 24.1 Å². The Labute approximate surface area is 224 Å². The third-order valence-electron chi connectivity index (χ3n) is 6.15. The van der Waals surface area contributed by atoms with E-state index in [1.54, 1.807) is 42.5 Å². The third kappa shape index (κ3) is 4.62. The number of terminal acetylenes is 1. The van der Waals surface area contributed by atoms with Gasteiger partial charge in [-0.15, -0.1) is 16.6 Å². The largest absolute Gasteiger partial charge is 0.497 e. The Balaban J connectivity index is 1.64. The number of para-hydroxylation sites is 2. The average molecular weight is 542 g/mol. The highest BCUT2D eigenvalue weighted by Crippen LogP contribution is 2.31. The molecule has 39 heavy (non-hydrogen) atoms. The quantitative estimate of drug-likeness (QED) is 0.274. The van der Waals surface area contributed by atoms with E-state index in [1.165, 1.54) is 31.3 Å². The lowest BCUT2D eigenvalue weighted by molar-refractivity contribution is 0.0751. The van der Waals surface area contributed by atoms with Crippen LogP contribution in [0, 0.1) is 12.3 Å². The monoisotopic (exact) mass is 541 g/mol. The SMILES string of the molecule is C#CCN(Cc1ccccc1OC)C(=O)c1nnc2c3ccccc3n(S(=O)(=O)c3ccc(OC)cc3)c2n1. The summed E-state index contributed by atoms with van der Waals surface area (Å²) in [6, 6.07) is 20.1. The zero-order chi connectivity index (χ0) is 27.6. The zero-order valence-electron chi connectivity index (χ0n) is 21.1. The minimum atomic E-state index is -4.15. The number of nitrogens with zero attached hydrogens (tertiary/aromatic N) is 5. The predicted molar refractivity (Wildman–Crippen MR) is 145 cm³/mol. The lowest BCUT2D eigenvalue weighted by atomic mass is 10.2. The summed E-state index contributed by atoms with van der Waals surface area (Å²) >= 11 is 0. The number of fused-ring (bicyclic) bond motifs is 3. The smallest absolute Gasteiger partial charge is 0.294 e. The maximum atomic E-state index is 13.8. The molecule has 0 N–H and O–H groups in total. The van der Waals surface area contributed by atoms with Crippen LogP contribution in [0.2, 0.25) is 0 Å². The van der Waals surface area contributed by atoms with Gasteiger partial charge in [0.2, 0.25) is 5.82 Å². The van der Waals surface area contributed by atoms with Crippen molar-refractivity contribution in [3.8, 4) is 23.8 Å². The van der Waals surface area contributed by atoms with Gasteiger partial charge >= 0.3 is 0 Å². The maximum absolute atomic E-state index is 13.8. The van der Waals surface area contributed by atoms with E-state index in [9.17, 15) is 13.2 Å². The van der Waals surface area contributed by atoms with E-state index in [0.717, 1.165) is 9.54 Å². The van der Waals surface area contributed by atoms with Crippen molar-refractivity contribution in [2.45, 2.75) is 11.4 Å². The van der Waals surface area contributed by atoms with Crippen LogP contribution >= 0.6 is 0 Å². The Morgan fingerprint density at radius 2 is 1.69 bits per heavy atom. The van der Waals surface area contributed by atoms with Crippen molar-refractivity contribution >= 4 is 38.0 Å². The van der Waals surface area contributed by atoms with Crippen LogP contribution in [0.15, 0.2) is 77.7 Å². The molecule has 0 atom stereocenters. The van der Waals surface area contributed by atoms with Gasteiger partial charge in [0.1, 0.15) is 17.0 Å². The zero-order valence-corrected chi connectivity index (χ0v) is 21.9. The summed E-state index contributed by atoms with van der Waals surface area (Å²) in [4.78, 5) is 19.4. The van der Waals surface area contributed by atoms with Gasteiger partial charge in [0.05, 0.1) is 37.7 Å². The van der Waals surface area contributed by atoms with E-state index in [4.69, 9.17) is 15.9 Å². The summed E-state index contributed by atoms with van der Waals surface area (Å²) in [6.07, 6.45) is 5.55. The van der Waals surface area contributed by atoms with Gasteiger partial charge in [-0.05, 0) is 36.4 Å². The van der Waals surface area contributed by atoms with Crippen molar-refractivity contribution in [2.75, 3.05) is 20.8 Å². The minimum absolute atomic E-state index is 0.0163. The fourth-order valence-electron chi connectivity index (χ4n) is 4.28. The van der Waals surface area contributed by atoms with E-state index in [1.807, 2.05) is 18.2 Å². The van der Waals surface area contributed by atoms with Crippen LogP contribution in [0.1, 0.15) is 16.2 Å². The second kappa shape index (κ2) is 10.4. The van der Waals surface area contributed by atoms with E-state index >= 15 is 0 Å². The molecular formula is C28H23N5O5S. The second-order valence-electron chi connectivity index (χ2n) is 8.45. The van der Waals surface area contributed by atoms with Crippen molar-refractivity contribution in [3.63, 3.8) is 0 Å². The van der Waals surface area contributed by atoms with Gasteiger partial charge in [-0.1, -0.05) is 42.3 Å². The lowest BCUT2D eigenvalue weighted by Gasteiger charge is -2.20. The van der Waals surface area contributed by atoms with Crippen LogP contribution in [0.5, 0.6) is 11.5 Å². The molecule has 2 aromatic heterocycles.